The summed E-state index contributed by atoms with van der Waals surface area (Å²) >= 11 is 0. The molecule has 92 valence electrons. The quantitative estimate of drug-likeness (QED) is 0.631. The smallest absolute Gasteiger partial charge is 0.133 e. The number of hydrogen-bond donors (Lipinski definition) is 2. The molecular weight excluding hydrogens is 206 g/mol. The number of furan rings is 1. The standard InChI is InChI=1S/C12H21NO3/c1-2-3-7-15-9-6-13-10-11(14)12-5-4-8-16-12/h4-5,8,11,13-14H,2-3,6-7,9-10H2,1H3. The van der Waals surface area contributed by atoms with Crippen LogP contribution < -0.4 is 5.32 Å². The summed E-state index contributed by atoms with van der Waals surface area (Å²) in [5, 5.41) is 12.8. The van der Waals surface area contributed by atoms with E-state index in [9.17, 15) is 5.11 Å². The van der Waals surface area contributed by atoms with E-state index in [0.29, 0.717) is 18.9 Å². The molecular formula is C12H21NO3. The van der Waals surface area contributed by atoms with E-state index in [-0.39, 0.29) is 0 Å². The Morgan fingerprint density at radius 2 is 2.38 bits per heavy atom. The average Bonchev–Trinajstić information content (AvgIpc) is 2.81. The second-order valence-electron chi connectivity index (χ2n) is 3.70. The minimum absolute atomic E-state index is 0.491. The van der Waals surface area contributed by atoms with Crippen molar-refractivity contribution in [2.24, 2.45) is 0 Å². The molecule has 0 bridgehead atoms. The van der Waals surface area contributed by atoms with Gasteiger partial charge in [0.15, 0.2) is 0 Å². The van der Waals surface area contributed by atoms with E-state index in [0.717, 1.165) is 26.0 Å². The van der Waals surface area contributed by atoms with Gasteiger partial charge in [-0.25, -0.2) is 0 Å². The fraction of sp³-hybridized carbons (Fsp3) is 0.667. The van der Waals surface area contributed by atoms with Gasteiger partial charge < -0.3 is 19.6 Å². The van der Waals surface area contributed by atoms with Gasteiger partial charge in [0.05, 0.1) is 12.9 Å². The van der Waals surface area contributed by atoms with Crippen molar-refractivity contribution >= 4 is 0 Å². The maximum absolute atomic E-state index is 9.65. The van der Waals surface area contributed by atoms with Crippen molar-refractivity contribution < 1.29 is 14.3 Å². The van der Waals surface area contributed by atoms with E-state index >= 15 is 0 Å². The zero-order valence-corrected chi connectivity index (χ0v) is 9.82. The largest absolute Gasteiger partial charge is 0.467 e. The summed E-state index contributed by atoms with van der Waals surface area (Å²) in [5.74, 6) is 0.597. The molecule has 4 heteroatoms. The van der Waals surface area contributed by atoms with Crippen molar-refractivity contribution in [2.45, 2.75) is 25.9 Å². The Kier molecular flexibility index (Phi) is 6.88. The van der Waals surface area contributed by atoms with Gasteiger partial charge in [0.25, 0.3) is 0 Å². The molecule has 0 spiro atoms. The van der Waals surface area contributed by atoms with Crippen LogP contribution in [0, 0.1) is 0 Å². The van der Waals surface area contributed by atoms with Crippen molar-refractivity contribution in [3.63, 3.8) is 0 Å². The minimum atomic E-state index is -0.578. The lowest BCUT2D eigenvalue weighted by Crippen LogP contribution is -2.25. The number of aliphatic hydroxyl groups excluding tert-OH is 1. The van der Waals surface area contributed by atoms with E-state index in [1.807, 2.05) is 0 Å². The molecule has 1 aromatic rings. The van der Waals surface area contributed by atoms with Crippen LogP contribution in [-0.2, 0) is 4.74 Å². The van der Waals surface area contributed by atoms with Gasteiger partial charge in [-0.05, 0) is 18.6 Å². The molecule has 0 aliphatic heterocycles. The van der Waals surface area contributed by atoms with Crippen LogP contribution in [0.25, 0.3) is 0 Å². The Bertz CT molecular complexity index is 249. The Hall–Kier alpha value is -0.840. The first-order chi connectivity index (χ1) is 7.84. The third-order valence-electron chi connectivity index (χ3n) is 2.27. The fourth-order valence-electron chi connectivity index (χ4n) is 1.31. The van der Waals surface area contributed by atoms with Crippen molar-refractivity contribution in [2.75, 3.05) is 26.3 Å². The van der Waals surface area contributed by atoms with Crippen LogP contribution in [0.1, 0.15) is 31.6 Å². The van der Waals surface area contributed by atoms with Gasteiger partial charge >= 0.3 is 0 Å². The van der Waals surface area contributed by atoms with Crippen LogP contribution in [0.5, 0.6) is 0 Å². The highest BCUT2D eigenvalue weighted by Crippen LogP contribution is 2.11. The van der Waals surface area contributed by atoms with Gasteiger partial charge in [-0.1, -0.05) is 13.3 Å². The molecule has 1 rings (SSSR count). The van der Waals surface area contributed by atoms with E-state index in [1.165, 1.54) is 0 Å². The summed E-state index contributed by atoms with van der Waals surface area (Å²) in [6.07, 6.45) is 3.25. The molecule has 0 radical (unpaired) electrons. The summed E-state index contributed by atoms with van der Waals surface area (Å²) in [6, 6.07) is 3.54. The van der Waals surface area contributed by atoms with E-state index in [1.54, 1.807) is 18.4 Å². The molecule has 0 fully saturated rings. The lowest BCUT2D eigenvalue weighted by atomic mass is 10.3. The van der Waals surface area contributed by atoms with E-state index in [4.69, 9.17) is 9.15 Å². The molecule has 0 aromatic carbocycles. The van der Waals surface area contributed by atoms with Gasteiger partial charge in [0.1, 0.15) is 11.9 Å². The van der Waals surface area contributed by atoms with Crippen LogP contribution in [0.15, 0.2) is 22.8 Å². The highest BCUT2D eigenvalue weighted by molar-refractivity contribution is 5.01. The molecule has 0 saturated heterocycles. The minimum Gasteiger partial charge on any atom is -0.467 e. The number of aliphatic hydroxyl groups is 1. The molecule has 4 nitrogen and oxygen atoms in total. The number of hydrogen-bond acceptors (Lipinski definition) is 4. The third kappa shape index (κ3) is 5.30. The lowest BCUT2D eigenvalue weighted by molar-refractivity contribution is 0.120. The molecule has 0 amide bonds. The van der Waals surface area contributed by atoms with Crippen molar-refractivity contribution in [3.8, 4) is 0 Å². The Morgan fingerprint density at radius 1 is 1.50 bits per heavy atom. The number of unbranched alkanes of at least 4 members (excludes halogenated alkanes) is 1. The van der Waals surface area contributed by atoms with Crippen LogP contribution in [0.4, 0.5) is 0 Å². The summed E-state index contributed by atoms with van der Waals surface area (Å²) in [4.78, 5) is 0. The molecule has 1 aromatic heterocycles. The van der Waals surface area contributed by atoms with Gasteiger partial charge in [-0.3, -0.25) is 0 Å². The molecule has 0 aliphatic carbocycles. The van der Waals surface area contributed by atoms with Crippen LogP contribution in [-0.4, -0.2) is 31.4 Å². The molecule has 1 heterocycles. The maximum Gasteiger partial charge on any atom is 0.133 e. The van der Waals surface area contributed by atoms with Gasteiger partial charge in [-0.15, -0.1) is 0 Å². The Balaban J connectivity index is 1.95. The third-order valence-corrected chi connectivity index (χ3v) is 2.27. The molecule has 16 heavy (non-hydrogen) atoms. The van der Waals surface area contributed by atoms with E-state index < -0.39 is 6.10 Å². The zero-order chi connectivity index (χ0) is 11.6. The maximum atomic E-state index is 9.65. The van der Waals surface area contributed by atoms with E-state index in [2.05, 4.69) is 12.2 Å². The van der Waals surface area contributed by atoms with Crippen LogP contribution >= 0.6 is 0 Å². The molecule has 0 aliphatic rings. The highest BCUT2D eigenvalue weighted by Gasteiger charge is 2.08. The number of ether oxygens (including phenoxy) is 1. The highest BCUT2D eigenvalue weighted by atomic mass is 16.5. The second-order valence-corrected chi connectivity index (χ2v) is 3.70. The predicted octanol–water partition coefficient (Wildman–Crippen LogP) is 1.72. The topological polar surface area (TPSA) is 54.6 Å². The molecule has 1 unspecified atom stereocenters. The predicted molar refractivity (Wildman–Crippen MR) is 62.3 cm³/mol. The van der Waals surface area contributed by atoms with Gasteiger partial charge in [0, 0.05) is 19.7 Å². The summed E-state index contributed by atoms with van der Waals surface area (Å²) in [6.45, 7) is 4.89. The normalized spacial score (nSPS) is 12.9. The summed E-state index contributed by atoms with van der Waals surface area (Å²) < 4.78 is 10.5. The van der Waals surface area contributed by atoms with Crippen LogP contribution in [0.3, 0.4) is 0 Å². The van der Waals surface area contributed by atoms with Crippen molar-refractivity contribution in [1.29, 1.82) is 0 Å². The number of rotatable bonds is 9. The zero-order valence-electron chi connectivity index (χ0n) is 9.82. The van der Waals surface area contributed by atoms with Crippen molar-refractivity contribution in [1.82, 2.24) is 5.32 Å². The second kappa shape index (κ2) is 8.33. The Morgan fingerprint density at radius 3 is 3.06 bits per heavy atom. The Labute approximate surface area is 96.6 Å². The summed E-state index contributed by atoms with van der Waals surface area (Å²) in [5.41, 5.74) is 0. The lowest BCUT2D eigenvalue weighted by Gasteiger charge is -2.09. The SMILES string of the molecule is CCCCOCCNCC(O)c1ccco1. The van der Waals surface area contributed by atoms with Gasteiger partial charge in [-0.2, -0.15) is 0 Å². The fourth-order valence-corrected chi connectivity index (χ4v) is 1.31. The monoisotopic (exact) mass is 227 g/mol. The van der Waals surface area contributed by atoms with Crippen LogP contribution in [0.2, 0.25) is 0 Å². The van der Waals surface area contributed by atoms with Crippen molar-refractivity contribution in [3.05, 3.63) is 24.2 Å². The molecule has 0 saturated carbocycles. The first-order valence-electron chi connectivity index (χ1n) is 5.84. The van der Waals surface area contributed by atoms with Gasteiger partial charge in [0.2, 0.25) is 0 Å². The molecule has 2 N–H and O–H groups in total. The average molecular weight is 227 g/mol. The first-order valence-corrected chi connectivity index (χ1v) is 5.84. The first kappa shape index (κ1) is 13.2. The number of nitrogens with one attached hydrogen (secondary N) is 1. The molecule has 1 atom stereocenters. The summed E-state index contributed by atoms with van der Waals surface area (Å²) in [7, 11) is 0.